The van der Waals surface area contributed by atoms with Gasteiger partial charge in [-0.05, 0) is 48.0 Å². The number of furan rings is 1. The second kappa shape index (κ2) is 7.84. The summed E-state index contributed by atoms with van der Waals surface area (Å²) in [6.45, 7) is 0. The third-order valence-electron chi connectivity index (χ3n) is 3.92. The van der Waals surface area contributed by atoms with Crippen molar-refractivity contribution in [2.75, 3.05) is 4.90 Å². The fourth-order valence-corrected chi connectivity index (χ4v) is 3.90. The van der Waals surface area contributed by atoms with Gasteiger partial charge in [0.05, 0.1) is 16.9 Å². The van der Waals surface area contributed by atoms with Crippen molar-refractivity contribution in [3.05, 3.63) is 89.2 Å². The third kappa shape index (κ3) is 3.76. The van der Waals surface area contributed by atoms with Crippen LogP contribution in [0.3, 0.4) is 0 Å². The van der Waals surface area contributed by atoms with Crippen LogP contribution in [0.25, 0.3) is 6.08 Å². The molecule has 0 unspecified atom stereocenters. The molecule has 1 saturated heterocycles. The summed E-state index contributed by atoms with van der Waals surface area (Å²) in [5.41, 5.74) is 1.54. The molecular weight excluding hydrogens is 394 g/mol. The summed E-state index contributed by atoms with van der Waals surface area (Å²) in [6, 6.07) is 19.3. The summed E-state index contributed by atoms with van der Waals surface area (Å²) in [7, 11) is 0. The maximum atomic E-state index is 12.7. The summed E-state index contributed by atoms with van der Waals surface area (Å²) in [5, 5.41) is 0. The molecule has 0 atom stereocenters. The molecule has 28 heavy (non-hydrogen) atoms. The highest BCUT2D eigenvalue weighted by atomic mass is 32.2. The number of anilines is 1. The highest BCUT2D eigenvalue weighted by Crippen LogP contribution is 2.36. The molecule has 0 spiro atoms. The second-order valence-electron chi connectivity index (χ2n) is 5.79. The average molecular weight is 407 g/mol. The van der Waals surface area contributed by atoms with Gasteiger partial charge in [-0.3, -0.25) is 9.69 Å². The van der Waals surface area contributed by atoms with Gasteiger partial charge in [0.15, 0.2) is 4.32 Å². The normalized spacial score (nSPS) is 15.3. The Morgan fingerprint density at radius 3 is 2.46 bits per heavy atom. The number of hydrogen-bond donors (Lipinski definition) is 0. The van der Waals surface area contributed by atoms with Gasteiger partial charge in [0, 0.05) is 0 Å². The van der Waals surface area contributed by atoms with E-state index >= 15 is 0 Å². The van der Waals surface area contributed by atoms with Crippen LogP contribution in [0.15, 0.2) is 82.3 Å². The van der Waals surface area contributed by atoms with E-state index in [-0.39, 0.29) is 11.7 Å². The smallest absolute Gasteiger partial charge is 0.379 e. The van der Waals surface area contributed by atoms with E-state index in [1.54, 1.807) is 36.4 Å². The third-order valence-corrected chi connectivity index (χ3v) is 5.22. The van der Waals surface area contributed by atoms with Gasteiger partial charge in [-0.25, -0.2) is 4.79 Å². The largest absolute Gasteiger partial charge is 0.457 e. The summed E-state index contributed by atoms with van der Waals surface area (Å²) in [5.74, 6) is -0.208. The Morgan fingerprint density at radius 1 is 1.04 bits per heavy atom. The molecule has 1 aromatic heterocycles. The van der Waals surface area contributed by atoms with Crippen LogP contribution in [0.1, 0.15) is 16.1 Å². The van der Waals surface area contributed by atoms with Crippen LogP contribution in [-0.2, 0) is 4.79 Å². The first-order valence-electron chi connectivity index (χ1n) is 8.30. The fraction of sp³-hybridized carbons (Fsp3) is 0. The molecule has 7 heteroatoms. The fourth-order valence-electron chi connectivity index (χ4n) is 2.60. The van der Waals surface area contributed by atoms with E-state index in [1.807, 2.05) is 30.3 Å². The number of para-hydroxylation sites is 1. The molecule has 0 bridgehead atoms. The predicted molar refractivity (Wildman–Crippen MR) is 112 cm³/mol. The van der Waals surface area contributed by atoms with Gasteiger partial charge in [0.1, 0.15) is 5.75 Å². The van der Waals surface area contributed by atoms with Gasteiger partial charge in [-0.2, -0.15) is 0 Å². The topological polar surface area (TPSA) is 59.8 Å². The van der Waals surface area contributed by atoms with Crippen LogP contribution in [0.4, 0.5) is 5.69 Å². The molecular formula is C21H13NO4S2. The summed E-state index contributed by atoms with van der Waals surface area (Å²) < 4.78 is 10.7. The first-order chi connectivity index (χ1) is 13.6. The molecule has 0 N–H and O–H groups in total. The second-order valence-corrected chi connectivity index (χ2v) is 7.46. The van der Waals surface area contributed by atoms with Crippen molar-refractivity contribution in [3.63, 3.8) is 0 Å². The van der Waals surface area contributed by atoms with Crippen molar-refractivity contribution in [2.45, 2.75) is 0 Å². The minimum Gasteiger partial charge on any atom is -0.457 e. The predicted octanol–water partition coefficient (Wildman–Crippen LogP) is 4.90. The number of ether oxygens (including phenoxy) is 1. The van der Waals surface area contributed by atoms with E-state index < -0.39 is 5.97 Å². The maximum absolute atomic E-state index is 12.7. The Bertz CT molecular complexity index is 1060. The van der Waals surface area contributed by atoms with E-state index in [0.29, 0.717) is 15.0 Å². The molecule has 0 aliphatic carbocycles. The van der Waals surface area contributed by atoms with Crippen LogP contribution in [-0.4, -0.2) is 16.2 Å². The van der Waals surface area contributed by atoms with Crippen LogP contribution in [0.2, 0.25) is 0 Å². The zero-order chi connectivity index (χ0) is 19.5. The van der Waals surface area contributed by atoms with Crippen molar-refractivity contribution >= 4 is 51.9 Å². The number of esters is 1. The van der Waals surface area contributed by atoms with Crippen molar-refractivity contribution in [3.8, 4) is 5.75 Å². The number of thiocarbonyl (C=S) groups is 1. The number of benzene rings is 2. The molecule has 4 rings (SSSR count). The first kappa shape index (κ1) is 18.2. The van der Waals surface area contributed by atoms with Gasteiger partial charge < -0.3 is 9.15 Å². The number of rotatable bonds is 4. The van der Waals surface area contributed by atoms with E-state index in [2.05, 4.69) is 0 Å². The quantitative estimate of drug-likeness (QED) is 0.265. The molecule has 0 saturated carbocycles. The number of hydrogen-bond acceptors (Lipinski definition) is 6. The summed E-state index contributed by atoms with van der Waals surface area (Å²) >= 11 is 6.62. The number of thioether (sulfide) groups is 1. The minimum absolute atomic E-state index is 0.133. The van der Waals surface area contributed by atoms with Crippen molar-refractivity contribution < 1.29 is 18.7 Å². The molecule has 138 valence electrons. The minimum atomic E-state index is -0.568. The van der Waals surface area contributed by atoms with Crippen LogP contribution in [0, 0.1) is 0 Å². The van der Waals surface area contributed by atoms with Crippen molar-refractivity contribution in [1.29, 1.82) is 0 Å². The Labute approximate surface area is 170 Å². The number of nitrogens with zero attached hydrogens (tertiary/aromatic N) is 1. The molecule has 0 radical (unpaired) electrons. The molecule has 1 aliphatic heterocycles. The SMILES string of the molecule is O=C(Oc1ccc(/C=C2\SC(=S)N(c3ccccc3)C2=O)cc1)c1ccco1. The molecule has 3 aromatic rings. The number of amides is 1. The Morgan fingerprint density at radius 2 is 1.79 bits per heavy atom. The summed E-state index contributed by atoms with van der Waals surface area (Å²) in [4.78, 5) is 26.7. The highest BCUT2D eigenvalue weighted by Gasteiger charge is 2.33. The Hall–Kier alpha value is -3.16. The van der Waals surface area contributed by atoms with E-state index in [1.165, 1.54) is 29.0 Å². The van der Waals surface area contributed by atoms with E-state index in [0.717, 1.165) is 11.3 Å². The molecule has 2 aromatic carbocycles. The number of carbonyl (C=O) groups excluding carboxylic acids is 2. The average Bonchev–Trinajstić information content (AvgIpc) is 3.33. The van der Waals surface area contributed by atoms with Crippen LogP contribution in [0.5, 0.6) is 5.75 Å². The van der Waals surface area contributed by atoms with Crippen molar-refractivity contribution in [2.24, 2.45) is 0 Å². The molecule has 1 amide bonds. The zero-order valence-corrected chi connectivity index (χ0v) is 16.0. The van der Waals surface area contributed by atoms with E-state index in [4.69, 9.17) is 21.4 Å². The lowest BCUT2D eigenvalue weighted by atomic mass is 10.2. The van der Waals surface area contributed by atoms with Crippen molar-refractivity contribution in [1.82, 2.24) is 0 Å². The molecule has 1 fully saturated rings. The lowest BCUT2D eigenvalue weighted by molar-refractivity contribution is -0.113. The summed E-state index contributed by atoms with van der Waals surface area (Å²) in [6.07, 6.45) is 3.17. The zero-order valence-electron chi connectivity index (χ0n) is 14.4. The molecule has 1 aliphatic rings. The van der Waals surface area contributed by atoms with E-state index in [9.17, 15) is 9.59 Å². The monoisotopic (exact) mass is 407 g/mol. The molecule has 5 nitrogen and oxygen atoms in total. The van der Waals surface area contributed by atoms with Crippen LogP contribution < -0.4 is 9.64 Å². The van der Waals surface area contributed by atoms with Gasteiger partial charge >= 0.3 is 5.97 Å². The molecule has 2 heterocycles. The Kier molecular flexibility index (Phi) is 5.10. The first-order valence-corrected chi connectivity index (χ1v) is 9.53. The van der Waals surface area contributed by atoms with Gasteiger partial charge in [0.2, 0.25) is 5.76 Å². The highest BCUT2D eigenvalue weighted by molar-refractivity contribution is 8.27. The van der Waals surface area contributed by atoms with Gasteiger partial charge in [0.25, 0.3) is 5.91 Å². The number of carbonyl (C=O) groups is 2. The maximum Gasteiger partial charge on any atom is 0.379 e. The van der Waals surface area contributed by atoms with Crippen LogP contribution >= 0.6 is 24.0 Å². The Balaban J connectivity index is 1.49. The standard InChI is InChI=1S/C21H13NO4S2/c23-19-18(28-21(27)22(19)15-5-2-1-3-6-15)13-14-8-10-16(11-9-14)26-20(24)17-7-4-12-25-17/h1-13H/b18-13-. The van der Waals surface area contributed by atoms with Gasteiger partial charge in [-0.15, -0.1) is 0 Å². The van der Waals surface area contributed by atoms with Gasteiger partial charge in [-0.1, -0.05) is 54.3 Å². The lowest BCUT2D eigenvalue weighted by Gasteiger charge is -2.13. The lowest BCUT2D eigenvalue weighted by Crippen LogP contribution is -2.27.